The third-order valence-electron chi connectivity index (χ3n) is 6.16. The maximum absolute atomic E-state index is 14.1. The van der Waals surface area contributed by atoms with Crippen LogP contribution < -0.4 is 0 Å². The Balaban J connectivity index is 1.35. The molecular weight excluding hydrogens is 461 g/mol. The molecule has 1 saturated heterocycles. The number of carbonyl (C=O) groups excluding carboxylic acids is 1. The quantitative estimate of drug-likeness (QED) is 0.386. The molecule has 2 heterocycles. The van der Waals surface area contributed by atoms with Gasteiger partial charge in [-0.2, -0.15) is 5.10 Å². The lowest BCUT2D eigenvalue weighted by Crippen LogP contribution is -2.48. The van der Waals surface area contributed by atoms with E-state index in [-0.39, 0.29) is 17.4 Å². The van der Waals surface area contributed by atoms with Crippen LogP contribution in [-0.2, 0) is 13.1 Å². The van der Waals surface area contributed by atoms with Crippen molar-refractivity contribution in [1.82, 2.24) is 19.6 Å². The fourth-order valence-corrected chi connectivity index (χ4v) is 4.45. The minimum atomic E-state index is -0.416. The molecule has 8 nitrogen and oxygen atoms in total. The molecule has 1 fully saturated rings. The van der Waals surface area contributed by atoms with Crippen LogP contribution in [-0.4, -0.2) is 56.6 Å². The second kappa shape index (κ2) is 9.90. The number of hydrogen-bond acceptors (Lipinski definition) is 5. The minimum Gasteiger partial charge on any atom is -0.336 e. The van der Waals surface area contributed by atoms with Gasteiger partial charge >= 0.3 is 5.69 Å². The van der Waals surface area contributed by atoms with Crippen molar-refractivity contribution in [2.75, 3.05) is 26.2 Å². The van der Waals surface area contributed by atoms with Crippen LogP contribution in [0.3, 0.4) is 0 Å². The molecule has 34 heavy (non-hydrogen) atoms. The van der Waals surface area contributed by atoms with Gasteiger partial charge in [0.05, 0.1) is 11.5 Å². The van der Waals surface area contributed by atoms with Crippen molar-refractivity contribution in [2.45, 2.75) is 26.9 Å². The van der Waals surface area contributed by atoms with E-state index in [0.29, 0.717) is 66.8 Å². The van der Waals surface area contributed by atoms with Crippen molar-refractivity contribution in [3.05, 3.63) is 91.5 Å². The predicted octanol–water partition coefficient (Wildman–Crippen LogP) is 4.21. The molecule has 2 aromatic carbocycles. The van der Waals surface area contributed by atoms with Crippen molar-refractivity contribution >= 4 is 23.2 Å². The normalized spacial score (nSPS) is 14.4. The number of hydrogen-bond donors (Lipinski definition) is 0. The van der Waals surface area contributed by atoms with E-state index in [1.807, 2.05) is 12.1 Å². The topological polar surface area (TPSA) is 84.5 Å². The number of rotatable bonds is 6. The molecule has 0 unspecified atom stereocenters. The van der Waals surface area contributed by atoms with Crippen LogP contribution in [0.4, 0.5) is 10.1 Å². The first kappa shape index (κ1) is 23.8. The molecule has 1 aliphatic rings. The summed E-state index contributed by atoms with van der Waals surface area (Å²) < 4.78 is 15.7. The zero-order valence-electron chi connectivity index (χ0n) is 19.0. The van der Waals surface area contributed by atoms with Gasteiger partial charge in [-0.15, -0.1) is 0 Å². The van der Waals surface area contributed by atoms with E-state index in [4.69, 9.17) is 11.6 Å². The van der Waals surface area contributed by atoms with Gasteiger partial charge in [0.1, 0.15) is 17.2 Å². The molecule has 0 spiro atoms. The maximum Gasteiger partial charge on any atom is 0.312 e. The average Bonchev–Trinajstić information content (AvgIpc) is 3.09. The molecular formula is C24H25ClFN5O3. The smallest absolute Gasteiger partial charge is 0.312 e. The molecule has 1 amide bonds. The number of amides is 1. The minimum absolute atomic E-state index is 0.0308. The second-order valence-corrected chi connectivity index (χ2v) is 8.81. The molecule has 178 valence electrons. The Morgan fingerprint density at radius 2 is 1.76 bits per heavy atom. The molecule has 0 aliphatic carbocycles. The number of aryl methyl sites for hydroxylation is 1. The molecule has 0 bridgehead atoms. The Morgan fingerprint density at radius 3 is 2.35 bits per heavy atom. The molecule has 0 saturated carbocycles. The fraction of sp³-hybridized carbons (Fsp3) is 0.333. The second-order valence-electron chi connectivity index (χ2n) is 8.40. The number of nitrogens with zero attached hydrogens (tertiary/aromatic N) is 5. The van der Waals surface area contributed by atoms with Crippen LogP contribution in [0.1, 0.15) is 32.9 Å². The van der Waals surface area contributed by atoms with E-state index in [0.717, 1.165) is 5.56 Å². The van der Waals surface area contributed by atoms with E-state index in [1.165, 1.54) is 6.07 Å². The van der Waals surface area contributed by atoms with Crippen molar-refractivity contribution in [3.63, 3.8) is 0 Å². The molecule has 0 N–H and O–H groups in total. The fourth-order valence-electron chi connectivity index (χ4n) is 4.23. The number of halogens is 2. The van der Waals surface area contributed by atoms with E-state index in [9.17, 15) is 19.3 Å². The summed E-state index contributed by atoms with van der Waals surface area (Å²) in [7, 11) is 0. The lowest BCUT2D eigenvalue weighted by atomic mass is 10.1. The highest BCUT2D eigenvalue weighted by atomic mass is 35.5. The summed E-state index contributed by atoms with van der Waals surface area (Å²) in [6.45, 7) is 6.43. The Morgan fingerprint density at radius 1 is 1.09 bits per heavy atom. The summed E-state index contributed by atoms with van der Waals surface area (Å²) in [6, 6.07) is 11.9. The number of benzene rings is 2. The maximum atomic E-state index is 14.1. The number of carbonyl (C=O) groups is 1. The van der Waals surface area contributed by atoms with Gasteiger partial charge in [-0.05, 0) is 43.7 Å². The van der Waals surface area contributed by atoms with Crippen molar-refractivity contribution in [3.8, 4) is 0 Å². The molecule has 0 atom stereocenters. The zero-order valence-corrected chi connectivity index (χ0v) is 19.8. The molecule has 1 aliphatic heterocycles. The van der Waals surface area contributed by atoms with Gasteiger partial charge in [-0.25, -0.2) is 4.39 Å². The lowest BCUT2D eigenvalue weighted by Gasteiger charge is -2.35. The third kappa shape index (κ3) is 4.95. The van der Waals surface area contributed by atoms with Crippen LogP contribution in [0.25, 0.3) is 0 Å². The highest BCUT2D eigenvalue weighted by Crippen LogP contribution is 2.23. The number of piperazine rings is 1. The van der Waals surface area contributed by atoms with Crippen molar-refractivity contribution in [2.24, 2.45) is 0 Å². The number of nitro groups is 1. The third-order valence-corrected chi connectivity index (χ3v) is 6.52. The van der Waals surface area contributed by atoms with Gasteiger partial charge in [0.15, 0.2) is 0 Å². The van der Waals surface area contributed by atoms with Gasteiger partial charge in [-0.1, -0.05) is 29.8 Å². The molecule has 4 rings (SSSR count). The average molecular weight is 486 g/mol. The van der Waals surface area contributed by atoms with Crippen LogP contribution >= 0.6 is 11.6 Å². The first-order valence-corrected chi connectivity index (χ1v) is 11.3. The van der Waals surface area contributed by atoms with Crippen molar-refractivity contribution in [1.29, 1.82) is 0 Å². The molecule has 10 heteroatoms. The first-order valence-electron chi connectivity index (χ1n) is 11.0. The summed E-state index contributed by atoms with van der Waals surface area (Å²) >= 11 is 6.14. The van der Waals surface area contributed by atoms with E-state index in [1.54, 1.807) is 47.7 Å². The van der Waals surface area contributed by atoms with Crippen LogP contribution in [0.2, 0.25) is 5.02 Å². The van der Waals surface area contributed by atoms with E-state index >= 15 is 0 Å². The standard InChI is InChI=1S/C24H25ClFN5O3/c1-16-23(31(33)34)17(2)30(27-16)14-18-6-8-19(9-7-18)24(32)29-12-10-28(11-13-29)15-20-21(25)4-3-5-22(20)26/h3-9H,10-15H2,1-2H3. The zero-order chi connectivity index (χ0) is 24.4. The van der Waals surface area contributed by atoms with Crippen LogP contribution in [0.5, 0.6) is 0 Å². The van der Waals surface area contributed by atoms with E-state index < -0.39 is 4.92 Å². The Labute approximate surface area is 201 Å². The van der Waals surface area contributed by atoms with Crippen LogP contribution in [0, 0.1) is 29.8 Å². The van der Waals surface area contributed by atoms with Gasteiger partial charge in [0.2, 0.25) is 0 Å². The van der Waals surface area contributed by atoms with Gasteiger partial charge in [0, 0.05) is 48.9 Å². The van der Waals surface area contributed by atoms with Gasteiger partial charge in [0.25, 0.3) is 5.91 Å². The lowest BCUT2D eigenvalue weighted by molar-refractivity contribution is -0.386. The SMILES string of the molecule is Cc1nn(Cc2ccc(C(=O)N3CCN(Cc4c(F)cccc4Cl)CC3)cc2)c(C)c1[N+](=O)[O-]. The Bertz CT molecular complexity index is 1200. The molecule has 1 aromatic heterocycles. The van der Waals surface area contributed by atoms with Gasteiger partial charge < -0.3 is 4.90 Å². The molecule has 0 radical (unpaired) electrons. The summed E-state index contributed by atoms with van der Waals surface area (Å²) in [5.41, 5.74) is 2.86. The summed E-state index contributed by atoms with van der Waals surface area (Å²) in [5.74, 6) is -0.377. The van der Waals surface area contributed by atoms with E-state index in [2.05, 4.69) is 10.00 Å². The predicted molar refractivity (Wildman–Crippen MR) is 126 cm³/mol. The first-order chi connectivity index (χ1) is 16.2. The van der Waals surface area contributed by atoms with Crippen molar-refractivity contribution < 1.29 is 14.1 Å². The number of aromatic nitrogens is 2. The summed E-state index contributed by atoms with van der Waals surface area (Å²) in [5, 5.41) is 15.9. The Hall–Kier alpha value is -3.30. The highest BCUT2D eigenvalue weighted by Gasteiger charge is 2.24. The molecule has 3 aromatic rings. The highest BCUT2D eigenvalue weighted by molar-refractivity contribution is 6.31. The van der Waals surface area contributed by atoms with Crippen LogP contribution in [0.15, 0.2) is 42.5 Å². The summed E-state index contributed by atoms with van der Waals surface area (Å²) in [6.07, 6.45) is 0. The monoisotopic (exact) mass is 485 g/mol. The largest absolute Gasteiger partial charge is 0.336 e. The Kier molecular flexibility index (Phi) is 6.95. The summed E-state index contributed by atoms with van der Waals surface area (Å²) in [4.78, 5) is 27.6. The van der Waals surface area contributed by atoms with Gasteiger partial charge in [-0.3, -0.25) is 24.5 Å².